The molecule has 0 radical (unpaired) electrons. The van der Waals surface area contributed by atoms with Crippen LogP contribution >= 0.6 is 0 Å². The van der Waals surface area contributed by atoms with E-state index in [1.807, 2.05) is 0 Å². The van der Waals surface area contributed by atoms with Gasteiger partial charge in [0.15, 0.2) is 5.78 Å². The van der Waals surface area contributed by atoms with Crippen molar-refractivity contribution < 1.29 is 9.53 Å². The Morgan fingerprint density at radius 1 is 1.58 bits per heavy atom. The summed E-state index contributed by atoms with van der Waals surface area (Å²) >= 11 is 0. The number of carbonyl (C=O) groups is 1. The van der Waals surface area contributed by atoms with Crippen molar-refractivity contribution in [3.63, 3.8) is 0 Å². The highest BCUT2D eigenvalue weighted by molar-refractivity contribution is 5.92. The molecule has 0 saturated heterocycles. The first-order chi connectivity index (χ1) is 9.14. The van der Waals surface area contributed by atoms with E-state index in [1.54, 1.807) is 6.08 Å². The van der Waals surface area contributed by atoms with E-state index >= 15 is 0 Å². The van der Waals surface area contributed by atoms with Gasteiger partial charge in [0.25, 0.3) is 0 Å². The van der Waals surface area contributed by atoms with E-state index in [9.17, 15) is 10.1 Å². The maximum Gasteiger partial charge on any atom is 0.156 e. The molecule has 0 amide bonds. The molecule has 19 heavy (non-hydrogen) atoms. The number of hydrogen-bond donors (Lipinski definition) is 0. The molecule has 3 saturated carbocycles. The summed E-state index contributed by atoms with van der Waals surface area (Å²) in [6.45, 7) is 6.39. The van der Waals surface area contributed by atoms with E-state index in [0.29, 0.717) is 18.4 Å². The number of nitriles is 1. The van der Waals surface area contributed by atoms with Gasteiger partial charge >= 0.3 is 0 Å². The lowest BCUT2D eigenvalue weighted by molar-refractivity contribution is -0.133. The summed E-state index contributed by atoms with van der Waals surface area (Å²) in [5.41, 5.74) is -0.695. The number of hydrogen-bond acceptors (Lipinski definition) is 3. The predicted molar refractivity (Wildman–Crippen MR) is 71.1 cm³/mol. The van der Waals surface area contributed by atoms with Crippen LogP contribution in [0.2, 0.25) is 0 Å². The highest BCUT2D eigenvalue weighted by Gasteiger charge is 2.64. The van der Waals surface area contributed by atoms with E-state index in [0.717, 1.165) is 25.7 Å². The van der Waals surface area contributed by atoms with Crippen molar-refractivity contribution >= 4 is 5.78 Å². The lowest BCUT2D eigenvalue weighted by Gasteiger charge is -2.38. The van der Waals surface area contributed by atoms with Crippen LogP contribution in [0.4, 0.5) is 0 Å². The van der Waals surface area contributed by atoms with Gasteiger partial charge in [-0.15, -0.1) is 6.58 Å². The quantitative estimate of drug-likeness (QED) is 0.713. The number of ether oxygens (including phenoxy) is 1. The van der Waals surface area contributed by atoms with Gasteiger partial charge in [0.2, 0.25) is 0 Å². The Morgan fingerprint density at radius 3 is 2.84 bits per heavy atom. The molecule has 0 heterocycles. The fourth-order valence-electron chi connectivity index (χ4n) is 4.39. The largest absolute Gasteiger partial charge is 0.374 e. The second-order valence-electron chi connectivity index (χ2n) is 6.47. The second kappa shape index (κ2) is 4.45. The van der Waals surface area contributed by atoms with Crippen molar-refractivity contribution in [1.29, 1.82) is 5.26 Å². The van der Waals surface area contributed by atoms with Gasteiger partial charge in [0, 0.05) is 5.92 Å². The van der Waals surface area contributed by atoms with E-state index in [1.165, 1.54) is 0 Å². The summed E-state index contributed by atoms with van der Waals surface area (Å²) in [5.74, 6) is 1.30. The number of Topliss-reactive ketones (excluding diaryl/α,β-unsaturated/α-hetero) is 1. The Morgan fingerprint density at radius 2 is 2.32 bits per heavy atom. The maximum atomic E-state index is 12.5. The van der Waals surface area contributed by atoms with Crippen LogP contribution < -0.4 is 0 Å². The van der Waals surface area contributed by atoms with Gasteiger partial charge in [-0.3, -0.25) is 4.79 Å². The molecule has 0 aliphatic heterocycles. The third-order valence-corrected chi connectivity index (χ3v) is 5.39. The molecule has 5 unspecified atom stereocenters. The SMILES string of the molecule is C=CCOC1C2CC(C1C)C(C#N)(C(=O)C1CC1)C2. The minimum absolute atomic E-state index is 0.179. The molecule has 5 atom stereocenters. The zero-order valence-electron chi connectivity index (χ0n) is 11.5. The van der Waals surface area contributed by atoms with Crippen LogP contribution in [-0.2, 0) is 9.53 Å². The topological polar surface area (TPSA) is 50.1 Å². The fourth-order valence-corrected chi connectivity index (χ4v) is 4.39. The molecule has 3 aliphatic rings. The van der Waals surface area contributed by atoms with Gasteiger partial charge in [0.05, 0.1) is 18.8 Å². The third-order valence-electron chi connectivity index (χ3n) is 5.39. The standard InChI is InChI=1S/C16H21NO2/c1-3-6-19-14-10(2)13-7-12(14)8-16(13,9-17)15(18)11-4-5-11/h3,10-14H,1,4-8H2,2H3. The van der Waals surface area contributed by atoms with Gasteiger partial charge in [-0.25, -0.2) is 0 Å². The third kappa shape index (κ3) is 1.77. The molecule has 0 N–H and O–H groups in total. The van der Waals surface area contributed by atoms with Crippen LogP contribution in [0, 0.1) is 40.4 Å². The Labute approximate surface area is 114 Å². The zero-order valence-corrected chi connectivity index (χ0v) is 11.5. The number of nitrogens with zero attached hydrogens (tertiary/aromatic N) is 1. The van der Waals surface area contributed by atoms with Crippen molar-refractivity contribution in [3.8, 4) is 6.07 Å². The summed E-state index contributed by atoms with van der Waals surface area (Å²) in [6, 6.07) is 2.41. The normalized spacial score (nSPS) is 44.0. The first-order valence-electron chi connectivity index (χ1n) is 7.32. The van der Waals surface area contributed by atoms with E-state index < -0.39 is 5.41 Å². The number of fused-ring (bicyclic) bond motifs is 2. The fraction of sp³-hybridized carbons (Fsp3) is 0.750. The summed E-state index contributed by atoms with van der Waals surface area (Å²) < 4.78 is 5.85. The molecule has 0 aromatic heterocycles. The lowest BCUT2D eigenvalue weighted by Crippen LogP contribution is -2.44. The second-order valence-corrected chi connectivity index (χ2v) is 6.47. The zero-order chi connectivity index (χ0) is 13.6. The van der Waals surface area contributed by atoms with Crippen molar-refractivity contribution in [1.82, 2.24) is 0 Å². The first kappa shape index (κ1) is 12.9. The average molecular weight is 259 g/mol. The molecule has 0 aromatic rings. The summed E-state index contributed by atoms with van der Waals surface area (Å²) in [6.07, 6.45) is 5.65. The Kier molecular flexibility index (Phi) is 3.02. The summed E-state index contributed by atoms with van der Waals surface area (Å²) in [5, 5.41) is 9.64. The van der Waals surface area contributed by atoms with Gasteiger partial charge in [-0.2, -0.15) is 5.26 Å². The monoisotopic (exact) mass is 259 g/mol. The molecular formula is C16H21NO2. The van der Waals surface area contributed by atoms with Crippen LogP contribution in [0.3, 0.4) is 0 Å². The average Bonchev–Trinajstić information content (AvgIpc) is 3.13. The Hall–Kier alpha value is -1.14. The van der Waals surface area contributed by atoms with Gasteiger partial charge in [-0.05, 0) is 43.4 Å². The molecular weight excluding hydrogens is 238 g/mol. The molecule has 2 bridgehead atoms. The highest BCUT2D eigenvalue weighted by atomic mass is 16.5. The van der Waals surface area contributed by atoms with Gasteiger partial charge < -0.3 is 4.74 Å². The minimum Gasteiger partial charge on any atom is -0.374 e. The lowest BCUT2D eigenvalue weighted by atomic mass is 9.65. The van der Waals surface area contributed by atoms with E-state index in [-0.39, 0.29) is 23.7 Å². The predicted octanol–water partition coefficient (Wildman–Crippen LogP) is 2.72. The number of rotatable bonds is 5. The number of carbonyl (C=O) groups excluding carboxylic acids is 1. The summed E-state index contributed by atoms with van der Waals surface area (Å²) in [7, 11) is 0. The molecule has 0 aromatic carbocycles. The Bertz CT molecular complexity index is 446. The van der Waals surface area contributed by atoms with Crippen LogP contribution in [0.5, 0.6) is 0 Å². The van der Waals surface area contributed by atoms with E-state index in [2.05, 4.69) is 19.6 Å². The van der Waals surface area contributed by atoms with Crippen molar-refractivity contribution in [2.75, 3.05) is 6.61 Å². The van der Waals surface area contributed by atoms with Crippen molar-refractivity contribution in [2.24, 2.45) is 29.1 Å². The highest BCUT2D eigenvalue weighted by Crippen LogP contribution is 2.61. The summed E-state index contributed by atoms with van der Waals surface area (Å²) in [4.78, 5) is 12.5. The maximum absolute atomic E-state index is 12.5. The van der Waals surface area contributed by atoms with Crippen LogP contribution in [0.15, 0.2) is 12.7 Å². The minimum atomic E-state index is -0.695. The smallest absolute Gasteiger partial charge is 0.156 e. The van der Waals surface area contributed by atoms with E-state index in [4.69, 9.17) is 4.74 Å². The molecule has 0 spiro atoms. The van der Waals surface area contributed by atoms with Crippen LogP contribution in [0.1, 0.15) is 32.6 Å². The number of ketones is 1. The molecule has 102 valence electrons. The molecule has 3 nitrogen and oxygen atoms in total. The molecule has 3 aliphatic carbocycles. The molecule has 3 rings (SSSR count). The van der Waals surface area contributed by atoms with Crippen molar-refractivity contribution in [3.05, 3.63) is 12.7 Å². The molecule has 3 fully saturated rings. The van der Waals surface area contributed by atoms with Crippen molar-refractivity contribution in [2.45, 2.75) is 38.7 Å². The first-order valence-corrected chi connectivity index (χ1v) is 7.32. The molecule has 3 heteroatoms. The van der Waals surface area contributed by atoms with Crippen LogP contribution in [-0.4, -0.2) is 18.5 Å². The van der Waals surface area contributed by atoms with Gasteiger partial charge in [0.1, 0.15) is 5.41 Å². The van der Waals surface area contributed by atoms with Crippen LogP contribution in [0.25, 0.3) is 0 Å². The van der Waals surface area contributed by atoms with Gasteiger partial charge in [-0.1, -0.05) is 13.0 Å². The Balaban J connectivity index is 1.80.